The summed E-state index contributed by atoms with van der Waals surface area (Å²) in [5.74, 6) is -1.17. The van der Waals surface area contributed by atoms with Crippen LogP contribution in [0.25, 0.3) is 6.08 Å². The predicted molar refractivity (Wildman–Crippen MR) is 124 cm³/mol. The van der Waals surface area contributed by atoms with E-state index in [1.165, 1.54) is 42.5 Å². The van der Waals surface area contributed by atoms with Gasteiger partial charge in [-0.15, -0.1) is 0 Å². The lowest BCUT2D eigenvalue weighted by Crippen LogP contribution is -2.24. The van der Waals surface area contributed by atoms with Crippen molar-refractivity contribution in [2.24, 2.45) is 0 Å². The number of hydrogen-bond donors (Lipinski definition) is 2. The molecule has 166 valence electrons. The van der Waals surface area contributed by atoms with Gasteiger partial charge >= 0.3 is 0 Å². The molecule has 33 heavy (non-hydrogen) atoms. The Hall–Kier alpha value is -4.15. The molecule has 0 atom stereocenters. The van der Waals surface area contributed by atoms with E-state index in [4.69, 9.17) is 16.3 Å². The highest BCUT2D eigenvalue weighted by Crippen LogP contribution is 2.25. The topological polar surface area (TPSA) is 91.2 Å². The van der Waals surface area contributed by atoms with Gasteiger partial charge in [0.15, 0.2) is 6.61 Å². The number of nitrogens with zero attached hydrogens (tertiary/aromatic N) is 1. The van der Waals surface area contributed by atoms with Gasteiger partial charge < -0.3 is 15.4 Å². The van der Waals surface area contributed by atoms with Crippen LogP contribution in [0.1, 0.15) is 11.1 Å². The van der Waals surface area contributed by atoms with Gasteiger partial charge in [0.1, 0.15) is 23.2 Å². The molecule has 6 nitrogen and oxygen atoms in total. The molecule has 0 aromatic heterocycles. The summed E-state index contributed by atoms with van der Waals surface area (Å²) >= 11 is 6.07. The number of benzene rings is 3. The average molecular weight is 464 g/mol. The summed E-state index contributed by atoms with van der Waals surface area (Å²) in [6.45, 7) is -0.0803. The number of amides is 2. The summed E-state index contributed by atoms with van der Waals surface area (Å²) in [5, 5.41) is 15.1. The minimum absolute atomic E-state index is 0.145. The minimum atomic E-state index is -0.554. The van der Waals surface area contributed by atoms with Gasteiger partial charge in [0.25, 0.3) is 11.8 Å². The van der Waals surface area contributed by atoms with Crippen LogP contribution in [0.3, 0.4) is 0 Å². The first-order chi connectivity index (χ1) is 15.9. The second kappa shape index (κ2) is 11.5. The highest BCUT2D eigenvalue weighted by molar-refractivity contribution is 6.30. The van der Waals surface area contributed by atoms with E-state index in [1.54, 1.807) is 6.07 Å². The lowest BCUT2D eigenvalue weighted by atomic mass is 10.1. The number of halogens is 2. The van der Waals surface area contributed by atoms with Crippen LogP contribution in [0, 0.1) is 17.1 Å². The summed E-state index contributed by atoms with van der Waals surface area (Å²) < 4.78 is 18.6. The van der Waals surface area contributed by atoms with Crippen LogP contribution >= 0.6 is 11.6 Å². The summed E-state index contributed by atoms with van der Waals surface area (Å²) in [6, 6.07) is 21.1. The van der Waals surface area contributed by atoms with E-state index in [0.717, 1.165) is 5.56 Å². The average Bonchev–Trinajstić information content (AvgIpc) is 2.82. The third-order valence-electron chi connectivity index (χ3n) is 4.42. The number of ether oxygens (including phenoxy) is 1. The molecule has 0 saturated heterocycles. The molecule has 0 heterocycles. The Morgan fingerprint density at radius 3 is 2.48 bits per heavy atom. The molecule has 0 saturated carbocycles. The van der Waals surface area contributed by atoms with Crippen molar-refractivity contribution in [3.8, 4) is 11.8 Å². The van der Waals surface area contributed by atoms with Gasteiger partial charge in [-0.1, -0.05) is 41.9 Å². The zero-order valence-electron chi connectivity index (χ0n) is 17.3. The molecule has 3 aromatic carbocycles. The highest BCUT2D eigenvalue weighted by atomic mass is 35.5. The Morgan fingerprint density at radius 2 is 1.79 bits per heavy atom. The maximum atomic E-state index is 13.0. The van der Waals surface area contributed by atoms with Crippen molar-refractivity contribution >= 4 is 35.2 Å². The van der Waals surface area contributed by atoms with Crippen LogP contribution in [-0.4, -0.2) is 18.4 Å². The summed E-state index contributed by atoms with van der Waals surface area (Å²) in [5.41, 5.74) is 1.53. The third kappa shape index (κ3) is 7.20. The van der Waals surface area contributed by atoms with Crippen molar-refractivity contribution in [1.82, 2.24) is 5.32 Å². The van der Waals surface area contributed by atoms with E-state index in [2.05, 4.69) is 10.6 Å². The van der Waals surface area contributed by atoms with Gasteiger partial charge in [-0.25, -0.2) is 4.39 Å². The van der Waals surface area contributed by atoms with Crippen molar-refractivity contribution < 1.29 is 18.7 Å². The van der Waals surface area contributed by atoms with Crippen LogP contribution < -0.4 is 15.4 Å². The molecule has 0 radical (unpaired) electrons. The first-order valence-corrected chi connectivity index (χ1v) is 10.2. The summed E-state index contributed by atoms with van der Waals surface area (Å²) in [6.07, 6.45) is 1.35. The number of nitrogens with one attached hydrogen (secondary N) is 2. The lowest BCUT2D eigenvalue weighted by Gasteiger charge is -2.11. The number of hydrogen-bond acceptors (Lipinski definition) is 4. The fraction of sp³-hybridized carbons (Fsp3) is 0.0800. The van der Waals surface area contributed by atoms with Crippen LogP contribution in [0.2, 0.25) is 5.02 Å². The third-order valence-corrected chi connectivity index (χ3v) is 4.65. The fourth-order valence-electron chi connectivity index (χ4n) is 2.81. The smallest absolute Gasteiger partial charge is 0.262 e. The van der Waals surface area contributed by atoms with Crippen LogP contribution in [0.15, 0.2) is 78.4 Å². The molecule has 8 heteroatoms. The van der Waals surface area contributed by atoms with Gasteiger partial charge in [0, 0.05) is 22.8 Å². The van der Waals surface area contributed by atoms with E-state index in [0.29, 0.717) is 16.3 Å². The quantitative estimate of drug-likeness (QED) is 0.373. The predicted octanol–water partition coefficient (Wildman–Crippen LogP) is 4.72. The number of anilines is 1. The van der Waals surface area contributed by atoms with Gasteiger partial charge in [-0.3, -0.25) is 9.59 Å². The van der Waals surface area contributed by atoms with E-state index < -0.39 is 17.6 Å². The molecular weight excluding hydrogens is 445 g/mol. The molecule has 0 aliphatic rings. The Balaban J connectivity index is 1.68. The number of rotatable bonds is 8. The van der Waals surface area contributed by atoms with Gasteiger partial charge in [0.05, 0.1) is 0 Å². The first-order valence-electron chi connectivity index (χ1n) is 9.86. The molecule has 0 fully saturated rings. The lowest BCUT2D eigenvalue weighted by molar-refractivity contribution is -0.118. The molecule has 0 unspecified atom stereocenters. The molecule has 0 bridgehead atoms. The van der Waals surface area contributed by atoms with E-state index in [1.807, 2.05) is 36.4 Å². The van der Waals surface area contributed by atoms with Gasteiger partial charge in [0.2, 0.25) is 0 Å². The minimum Gasteiger partial charge on any atom is -0.483 e. The monoisotopic (exact) mass is 463 g/mol. The Morgan fingerprint density at radius 1 is 1.06 bits per heavy atom. The van der Waals surface area contributed by atoms with Crippen molar-refractivity contribution in [1.29, 1.82) is 5.26 Å². The molecule has 2 amide bonds. The maximum absolute atomic E-state index is 13.0. The molecule has 0 aliphatic carbocycles. The van der Waals surface area contributed by atoms with E-state index in [9.17, 15) is 19.2 Å². The largest absolute Gasteiger partial charge is 0.483 e. The number of nitriles is 1. The van der Waals surface area contributed by atoms with Crippen molar-refractivity contribution in [3.05, 3.63) is 100 Å². The van der Waals surface area contributed by atoms with Crippen molar-refractivity contribution in [2.75, 3.05) is 11.9 Å². The zero-order chi connectivity index (χ0) is 23.6. The molecule has 2 N–H and O–H groups in total. The highest BCUT2D eigenvalue weighted by Gasteiger charge is 2.13. The second-order valence-electron chi connectivity index (χ2n) is 6.86. The van der Waals surface area contributed by atoms with Gasteiger partial charge in [-0.05, 0) is 54.1 Å². The summed E-state index contributed by atoms with van der Waals surface area (Å²) in [7, 11) is 0. The van der Waals surface area contributed by atoms with E-state index >= 15 is 0 Å². The first kappa shape index (κ1) is 23.5. The Bertz CT molecular complexity index is 1210. The van der Waals surface area contributed by atoms with E-state index in [-0.39, 0.29) is 24.5 Å². The standard InChI is InChI=1S/C25H19ClFN3O3/c26-20-6-11-23(33-16-24(31)30-22-9-7-21(27)8-10-22)18(13-20)12-19(14-28)25(32)29-15-17-4-2-1-3-5-17/h1-13H,15-16H2,(H,29,32)(H,30,31)/b19-12+. The molecular formula is C25H19ClFN3O3. The zero-order valence-corrected chi connectivity index (χ0v) is 18.1. The Labute approximate surface area is 195 Å². The molecule has 3 rings (SSSR count). The van der Waals surface area contributed by atoms with Crippen LogP contribution in [0.5, 0.6) is 5.75 Å². The van der Waals surface area contributed by atoms with Crippen molar-refractivity contribution in [2.45, 2.75) is 6.54 Å². The molecule has 0 aliphatic heterocycles. The molecule has 0 spiro atoms. The normalized spacial score (nSPS) is 10.8. The maximum Gasteiger partial charge on any atom is 0.262 e. The fourth-order valence-corrected chi connectivity index (χ4v) is 3.00. The number of carbonyl (C=O) groups is 2. The second-order valence-corrected chi connectivity index (χ2v) is 7.30. The van der Waals surface area contributed by atoms with Gasteiger partial charge in [-0.2, -0.15) is 5.26 Å². The SMILES string of the molecule is N#C/C(=C\c1cc(Cl)ccc1OCC(=O)Nc1ccc(F)cc1)C(=O)NCc1ccccc1. The van der Waals surface area contributed by atoms with Crippen LogP contribution in [0.4, 0.5) is 10.1 Å². The molecule has 3 aromatic rings. The van der Waals surface area contributed by atoms with Crippen molar-refractivity contribution in [3.63, 3.8) is 0 Å². The Kier molecular flexibility index (Phi) is 8.17. The summed E-state index contributed by atoms with van der Waals surface area (Å²) in [4.78, 5) is 24.6. The van der Waals surface area contributed by atoms with Crippen LogP contribution in [-0.2, 0) is 16.1 Å². The number of carbonyl (C=O) groups excluding carboxylic acids is 2.